The minimum atomic E-state index is -0.692. The van der Waals surface area contributed by atoms with E-state index in [0.717, 1.165) is 11.3 Å². The van der Waals surface area contributed by atoms with Crippen molar-refractivity contribution < 1.29 is 23.1 Å². The van der Waals surface area contributed by atoms with Crippen LogP contribution in [0.4, 0.5) is 14.5 Å². The molecule has 0 spiro atoms. The molecule has 3 unspecified atom stereocenters. The topological polar surface area (TPSA) is 76.5 Å². The second-order valence-corrected chi connectivity index (χ2v) is 9.64. The van der Waals surface area contributed by atoms with E-state index in [4.69, 9.17) is 4.74 Å². The predicted molar refractivity (Wildman–Crippen MR) is 135 cm³/mol. The zero-order valence-corrected chi connectivity index (χ0v) is 21.1. The number of benzene rings is 2. The molecular weight excluding hydrogens is 478 g/mol. The van der Waals surface area contributed by atoms with E-state index >= 15 is 0 Å². The highest BCUT2D eigenvalue weighted by Gasteiger charge is 2.36. The second-order valence-electron chi connectivity index (χ2n) is 9.64. The Balaban J connectivity index is 1.45. The van der Waals surface area contributed by atoms with Gasteiger partial charge in [0.05, 0.1) is 35.0 Å². The number of nitrogens with zero attached hydrogens (tertiary/aromatic N) is 3. The Morgan fingerprint density at radius 1 is 1.14 bits per heavy atom. The molecule has 0 radical (unpaired) electrons. The summed E-state index contributed by atoms with van der Waals surface area (Å²) in [6.45, 7) is 5.39. The van der Waals surface area contributed by atoms with Crippen LogP contribution in [0.5, 0.6) is 0 Å². The van der Waals surface area contributed by atoms with Crippen molar-refractivity contribution in [3.05, 3.63) is 88.3 Å². The molecule has 1 aromatic heterocycles. The van der Waals surface area contributed by atoms with Gasteiger partial charge in [0, 0.05) is 18.7 Å². The lowest BCUT2D eigenvalue weighted by atomic mass is 9.87. The summed E-state index contributed by atoms with van der Waals surface area (Å²) in [6.07, 6.45) is 1.99. The van der Waals surface area contributed by atoms with Crippen molar-refractivity contribution in [1.29, 1.82) is 0 Å². The number of halogens is 2. The fourth-order valence-corrected chi connectivity index (χ4v) is 5.03. The molecule has 0 bridgehead atoms. The average molecular weight is 507 g/mol. The minimum absolute atomic E-state index is 0.0266. The minimum Gasteiger partial charge on any atom is -0.473 e. The van der Waals surface area contributed by atoms with Crippen molar-refractivity contribution in [3.8, 4) is 0 Å². The summed E-state index contributed by atoms with van der Waals surface area (Å²) in [4.78, 5) is 27.8. The van der Waals surface area contributed by atoms with Crippen LogP contribution in [0.1, 0.15) is 65.1 Å². The summed E-state index contributed by atoms with van der Waals surface area (Å²) in [5.41, 5.74) is 3.01. The van der Waals surface area contributed by atoms with Crippen LogP contribution in [0.3, 0.4) is 0 Å². The number of hydrogen-bond acceptors (Lipinski definition) is 4. The van der Waals surface area contributed by atoms with Crippen LogP contribution in [0, 0.1) is 24.5 Å². The summed E-state index contributed by atoms with van der Waals surface area (Å²) in [5, 5.41) is 7.60. The lowest BCUT2D eigenvalue weighted by Gasteiger charge is -2.32. The summed E-state index contributed by atoms with van der Waals surface area (Å²) in [6, 6.07) is 10.7. The molecule has 0 fully saturated rings. The lowest BCUT2D eigenvalue weighted by molar-refractivity contribution is -0.119. The first-order chi connectivity index (χ1) is 17.7. The molecule has 3 aromatic rings. The number of para-hydroxylation sites is 1. The zero-order chi connectivity index (χ0) is 26.4. The highest BCUT2D eigenvalue weighted by Crippen LogP contribution is 2.38. The van der Waals surface area contributed by atoms with Crippen LogP contribution in [0.15, 0.2) is 48.5 Å². The van der Waals surface area contributed by atoms with E-state index in [2.05, 4.69) is 10.4 Å². The monoisotopic (exact) mass is 506 g/mol. The molecule has 2 aliphatic heterocycles. The quantitative estimate of drug-likeness (QED) is 0.524. The van der Waals surface area contributed by atoms with Crippen molar-refractivity contribution in [1.82, 2.24) is 15.1 Å². The highest BCUT2D eigenvalue weighted by molar-refractivity contribution is 6.00. The molecule has 0 aliphatic carbocycles. The van der Waals surface area contributed by atoms with Crippen LogP contribution >= 0.6 is 0 Å². The van der Waals surface area contributed by atoms with Gasteiger partial charge in [-0.05, 0) is 42.7 Å². The van der Waals surface area contributed by atoms with Gasteiger partial charge >= 0.3 is 0 Å². The van der Waals surface area contributed by atoms with E-state index in [-0.39, 0.29) is 42.2 Å². The number of aromatic nitrogens is 2. The molecule has 3 atom stereocenters. The fraction of sp³-hybridized carbons (Fsp3) is 0.321. The number of rotatable bonds is 5. The van der Waals surface area contributed by atoms with E-state index in [0.29, 0.717) is 22.8 Å². The van der Waals surface area contributed by atoms with E-state index in [9.17, 15) is 18.4 Å². The van der Waals surface area contributed by atoms with Gasteiger partial charge in [-0.15, -0.1) is 0 Å². The molecule has 9 heteroatoms. The van der Waals surface area contributed by atoms with Crippen LogP contribution in [-0.4, -0.2) is 28.6 Å². The number of anilines is 1. The van der Waals surface area contributed by atoms with Crippen LogP contribution in [0.2, 0.25) is 0 Å². The summed E-state index contributed by atoms with van der Waals surface area (Å²) < 4.78 is 35.7. The number of fused-ring (bicyclic) bond motifs is 2. The Bertz CT molecular complexity index is 1410. The Hall–Kier alpha value is -4.01. The van der Waals surface area contributed by atoms with Gasteiger partial charge in [0.15, 0.2) is 0 Å². The Morgan fingerprint density at radius 2 is 1.84 bits per heavy atom. The summed E-state index contributed by atoms with van der Waals surface area (Å²) in [5.74, 6) is -1.60. The van der Waals surface area contributed by atoms with Gasteiger partial charge < -0.3 is 15.0 Å². The number of hydrogen-bond donors (Lipinski definition) is 1. The number of carbonyl (C=O) groups is 2. The van der Waals surface area contributed by atoms with Gasteiger partial charge in [-0.3, -0.25) is 9.59 Å². The van der Waals surface area contributed by atoms with Crippen LogP contribution in [0.25, 0.3) is 5.88 Å². The molecule has 37 heavy (non-hydrogen) atoms. The molecule has 0 saturated heterocycles. The average Bonchev–Trinajstić information content (AvgIpc) is 3.22. The number of allylic oxidation sites excluding steroid dienone is 1. The van der Waals surface area contributed by atoms with Crippen LogP contribution in [-0.2, 0) is 16.1 Å². The molecule has 192 valence electrons. The first kappa shape index (κ1) is 24.7. The maximum Gasteiger partial charge on any atom is 0.255 e. The third-order valence-corrected chi connectivity index (χ3v) is 7.32. The number of carbonyl (C=O) groups excluding carboxylic acids is 2. The standard InChI is InChI=1S/C28H28F2N4O3/c1-15-12-25(37-14-19-20(29)9-7-10-21(19)30)34-27(16(15)2)26(17(3)32-34)28(36)31-22-13-24(35)33(4)23-11-6-5-8-18(22)23/h5-12,15-16,22H,13-14H2,1-4H3,(H,31,36). The van der Waals surface area contributed by atoms with E-state index in [1.807, 2.05) is 44.2 Å². The predicted octanol–water partition coefficient (Wildman–Crippen LogP) is 5.08. The number of ether oxygens (including phenoxy) is 1. The third-order valence-electron chi connectivity index (χ3n) is 7.32. The fourth-order valence-electron chi connectivity index (χ4n) is 5.03. The first-order valence-corrected chi connectivity index (χ1v) is 12.2. The van der Waals surface area contributed by atoms with Crippen molar-refractivity contribution in [2.75, 3.05) is 11.9 Å². The normalized spacial score (nSPS) is 20.7. The van der Waals surface area contributed by atoms with Gasteiger partial charge in [0.2, 0.25) is 11.8 Å². The van der Waals surface area contributed by atoms with Crippen molar-refractivity contribution >= 4 is 23.4 Å². The molecule has 1 N–H and O–H groups in total. The van der Waals surface area contributed by atoms with Crippen LogP contribution < -0.4 is 10.2 Å². The molecule has 2 aromatic carbocycles. The molecule has 7 nitrogen and oxygen atoms in total. The Labute approximate surface area is 213 Å². The van der Waals surface area contributed by atoms with Gasteiger partial charge in [-0.25, -0.2) is 13.5 Å². The molecule has 5 rings (SSSR count). The van der Waals surface area contributed by atoms with Gasteiger partial charge in [-0.1, -0.05) is 38.1 Å². The number of amides is 2. The van der Waals surface area contributed by atoms with Gasteiger partial charge in [-0.2, -0.15) is 5.10 Å². The van der Waals surface area contributed by atoms with Crippen molar-refractivity contribution in [3.63, 3.8) is 0 Å². The molecule has 2 aliphatic rings. The SMILES string of the molecule is Cc1nn2c(c1C(=O)NC1CC(=O)N(C)c3ccccc31)C(C)C(C)C=C2OCc1c(F)cccc1F. The molecule has 0 saturated carbocycles. The lowest BCUT2D eigenvalue weighted by Crippen LogP contribution is -2.40. The summed E-state index contributed by atoms with van der Waals surface area (Å²) >= 11 is 0. The molecule has 2 amide bonds. The summed E-state index contributed by atoms with van der Waals surface area (Å²) in [7, 11) is 1.72. The van der Waals surface area contributed by atoms with Crippen molar-refractivity contribution in [2.24, 2.45) is 5.92 Å². The van der Waals surface area contributed by atoms with E-state index in [1.165, 1.54) is 18.2 Å². The largest absolute Gasteiger partial charge is 0.473 e. The Kier molecular flexibility index (Phi) is 6.31. The third kappa shape index (κ3) is 4.28. The van der Waals surface area contributed by atoms with E-state index < -0.39 is 17.7 Å². The second kappa shape index (κ2) is 9.46. The Morgan fingerprint density at radius 3 is 2.57 bits per heavy atom. The maximum atomic E-state index is 14.2. The molecular formula is C28H28F2N4O3. The zero-order valence-electron chi connectivity index (χ0n) is 21.1. The first-order valence-electron chi connectivity index (χ1n) is 12.2. The van der Waals surface area contributed by atoms with Gasteiger partial charge in [0.25, 0.3) is 5.91 Å². The number of nitrogens with one attached hydrogen (secondary N) is 1. The van der Waals surface area contributed by atoms with Crippen molar-refractivity contribution in [2.45, 2.75) is 45.8 Å². The maximum absolute atomic E-state index is 14.2. The molecule has 3 heterocycles. The number of aryl methyl sites for hydroxylation is 1. The smallest absolute Gasteiger partial charge is 0.255 e. The van der Waals surface area contributed by atoms with E-state index in [1.54, 1.807) is 23.6 Å². The highest BCUT2D eigenvalue weighted by atomic mass is 19.1. The van der Waals surface area contributed by atoms with Gasteiger partial charge in [0.1, 0.15) is 18.2 Å².